The Bertz CT molecular complexity index is 1220. The summed E-state index contributed by atoms with van der Waals surface area (Å²) in [5.41, 5.74) is 0.937. The van der Waals surface area contributed by atoms with Gasteiger partial charge in [0.1, 0.15) is 11.3 Å². The average molecular weight is 509 g/mol. The quantitative estimate of drug-likeness (QED) is 0.534. The smallest absolute Gasteiger partial charge is 0.410 e. The van der Waals surface area contributed by atoms with Crippen molar-refractivity contribution in [3.05, 3.63) is 59.8 Å². The number of piperidine rings is 1. The molecule has 36 heavy (non-hydrogen) atoms. The predicted octanol–water partition coefficient (Wildman–Crippen LogP) is 3.98. The molecule has 1 aliphatic rings. The van der Waals surface area contributed by atoms with Crippen LogP contribution in [0.4, 0.5) is 9.93 Å². The van der Waals surface area contributed by atoms with Gasteiger partial charge >= 0.3 is 6.09 Å². The highest BCUT2D eigenvalue weighted by Gasteiger charge is 2.27. The van der Waals surface area contributed by atoms with Crippen LogP contribution in [0, 0.1) is 0 Å². The third kappa shape index (κ3) is 6.63. The van der Waals surface area contributed by atoms with Crippen molar-refractivity contribution in [2.45, 2.75) is 45.3 Å². The molecule has 2 N–H and O–H groups in total. The molecule has 0 atom stereocenters. The zero-order valence-electron chi connectivity index (χ0n) is 20.4. The van der Waals surface area contributed by atoms with Gasteiger partial charge in [-0.05, 0) is 70.0 Å². The highest BCUT2D eigenvalue weighted by molar-refractivity contribution is 7.10. The van der Waals surface area contributed by atoms with E-state index < -0.39 is 5.60 Å². The molecule has 3 aromatic rings. The van der Waals surface area contributed by atoms with Crippen molar-refractivity contribution < 1.29 is 19.1 Å². The van der Waals surface area contributed by atoms with E-state index in [-0.39, 0.29) is 23.9 Å². The summed E-state index contributed by atoms with van der Waals surface area (Å²) >= 11 is 1.07. The van der Waals surface area contributed by atoms with Gasteiger partial charge in [0.05, 0.1) is 0 Å². The lowest BCUT2D eigenvalue weighted by Crippen LogP contribution is -2.47. The summed E-state index contributed by atoms with van der Waals surface area (Å²) in [6.07, 6.45) is 2.61. The van der Waals surface area contributed by atoms with Crippen LogP contribution in [0.5, 0.6) is 0 Å². The van der Waals surface area contributed by atoms with Crippen molar-refractivity contribution in [3.8, 4) is 11.5 Å². The molecule has 3 amide bonds. The van der Waals surface area contributed by atoms with E-state index in [0.717, 1.165) is 11.5 Å². The van der Waals surface area contributed by atoms with Crippen LogP contribution in [0.3, 0.4) is 0 Å². The summed E-state index contributed by atoms with van der Waals surface area (Å²) in [6.45, 7) is 6.55. The van der Waals surface area contributed by atoms with Gasteiger partial charge in [0.2, 0.25) is 5.13 Å². The molecular formula is C25H28N6O4S. The Labute approximate surface area is 213 Å². The van der Waals surface area contributed by atoms with Gasteiger partial charge in [-0.3, -0.25) is 19.9 Å². The zero-order chi connectivity index (χ0) is 25.7. The minimum absolute atomic E-state index is 0.0372. The number of hydrogen-bond acceptors (Lipinski definition) is 8. The molecule has 10 nitrogen and oxygen atoms in total. The van der Waals surface area contributed by atoms with Crippen molar-refractivity contribution in [1.29, 1.82) is 0 Å². The summed E-state index contributed by atoms with van der Waals surface area (Å²) in [7, 11) is 0. The Morgan fingerprint density at radius 3 is 2.28 bits per heavy atom. The van der Waals surface area contributed by atoms with Crippen molar-refractivity contribution >= 4 is 34.6 Å². The van der Waals surface area contributed by atoms with Crippen molar-refractivity contribution in [2.75, 3.05) is 18.4 Å². The van der Waals surface area contributed by atoms with Crippen LogP contribution < -0.4 is 10.6 Å². The van der Waals surface area contributed by atoms with E-state index in [1.807, 2.05) is 26.8 Å². The molecule has 0 saturated carbocycles. The normalized spacial score (nSPS) is 14.2. The van der Waals surface area contributed by atoms with Gasteiger partial charge in [0.15, 0.2) is 5.82 Å². The van der Waals surface area contributed by atoms with Crippen LogP contribution in [0.25, 0.3) is 11.5 Å². The number of ether oxygens (including phenoxy) is 1. The maximum Gasteiger partial charge on any atom is 0.410 e. The maximum atomic E-state index is 12.7. The molecular weight excluding hydrogens is 480 g/mol. The number of nitrogens with one attached hydrogen (secondary N) is 2. The summed E-state index contributed by atoms with van der Waals surface area (Å²) < 4.78 is 9.64. The number of benzene rings is 1. The Morgan fingerprint density at radius 2 is 1.67 bits per heavy atom. The monoisotopic (exact) mass is 508 g/mol. The number of rotatable bonds is 5. The number of aromatic nitrogens is 3. The molecule has 4 rings (SSSR count). The van der Waals surface area contributed by atoms with Crippen molar-refractivity contribution in [1.82, 2.24) is 24.6 Å². The van der Waals surface area contributed by atoms with Crippen LogP contribution in [-0.2, 0) is 4.74 Å². The lowest BCUT2D eigenvalue weighted by Gasteiger charge is -2.33. The second-order valence-corrected chi connectivity index (χ2v) is 10.1. The van der Waals surface area contributed by atoms with E-state index in [1.165, 1.54) is 0 Å². The summed E-state index contributed by atoms with van der Waals surface area (Å²) in [6, 6.07) is 11.8. The van der Waals surface area contributed by atoms with Crippen LogP contribution >= 0.6 is 11.5 Å². The van der Waals surface area contributed by atoms with Gasteiger partial charge in [-0.15, -0.1) is 0 Å². The number of hydrogen-bond donors (Lipinski definition) is 2. The summed E-state index contributed by atoms with van der Waals surface area (Å²) in [5, 5.41) is 6.10. The number of carbonyl (C=O) groups is 3. The van der Waals surface area contributed by atoms with Gasteiger partial charge in [0, 0.05) is 48.0 Å². The van der Waals surface area contributed by atoms with E-state index >= 15 is 0 Å². The largest absolute Gasteiger partial charge is 0.444 e. The highest BCUT2D eigenvalue weighted by atomic mass is 32.1. The first-order valence-electron chi connectivity index (χ1n) is 11.6. The van der Waals surface area contributed by atoms with E-state index in [4.69, 9.17) is 4.74 Å². The van der Waals surface area contributed by atoms with Gasteiger partial charge in [-0.1, -0.05) is 6.07 Å². The highest BCUT2D eigenvalue weighted by Crippen LogP contribution is 2.20. The lowest BCUT2D eigenvalue weighted by atomic mass is 10.0. The summed E-state index contributed by atoms with van der Waals surface area (Å²) in [4.78, 5) is 47.7. The predicted molar refractivity (Wildman–Crippen MR) is 136 cm³/mol. The Balaban J connectivity index is 1.27. The standard InChI is InChI=1S/C25H28N6O4S/c1-25(2,3)35-24(34)31-14-11-18(12-15-31)27-21(32)16-7-9-17(10-8-16)22(33)29-23-28-20(30-36-23)19-6-4-5-13-26-19/h4-10,13,18H,11-12,14-15H2,1-3H3,(H,27,32)(H,28,29,30,33). The van der Waals surface area contributed by atoms with Crippen LogP contribution in [0.2, 0.25) is 0 Å². The van der Waals surface area contributed by atoms with Gasteiger partial charge in [0.25, 0.3) is 11.8 Å². The molecule has 1 aliphatic heterocycles. The number of carbonyl (C=O) groups excluding carboxylic acids is 3. The average Bonchev–Trinajstić information content (AvgIpc) is 3.32. The molecule has 0 bridgehead atoms. The minimum atomic E-state index is -0.537. The SMILES string of the molecule is CC(C)(C)OC(=O)N1CCC(NC(=O)c2ccc(C(=O)Nc3nc(-c4ccccn4)ns3)cc2)CC1. The fourth-order valence-electron chi connectivity index (χ4n) is 3.62. The van der Waals surface area contributed by atoms with Crippen LogP contribution in [0.1, 0.15) is 54.3 Å². The second-order valence-electron chi connectivity index (χ2n) is 9.38. The number of pyridine rings is 1. The second kappa shape index (κ2) is 10.8. The summed E-state index contributed by atoms with van der Waals surface area (Å²) in [5.74, 6) is -0.123. The fourth-order valence-corrected chi connectivity index (χ4v) is 4.19. The number of nitrogens with zero attached hydrogens (tertiary/aromatic N) is 4. The molecule has 0 radical (unpaired) electrons. The molecule has 0 spiro atoms. The van der Waals surface area contributed by atoms with Crippen LogP contribution in [0.15, 0.2) is 48.7 Å². The molecule has 1 fully saturated rings. The van der Waals surface area contributed by atoms with Crippen LogP contribution in [-0.4, -0.2) is 61.9 Å². The zero-order valence-corrected chi connectivity index (χ0v) is 21.2. The molecule has 1 saturated heterocycles. The van der Waals surface area contributed by atoms with E-state index in [0.29, 0.717) is 53.7 Å². The van der Waals surface area contributed by atoms with Gasteiger partial charge < -0.3 is 15.0 Å². The Morgan fingerprint density at radius 1 is 1.00 bits per heavy atom. The van der Waals surface area contributed by atoms with Crippen molar-refractivity contribution in [2.24, 2.45) is 0 Å². The molecule has 0 unspecified atom stereocenters. The van der Waals surface area contributed by atoms with Gasteiger partial charge in [-0.25, -0.2) is 4.79 Å². The third-order valence-corrected chi connectivity index (χ3v) is 6.06. The molecule has 11 heteroatoms. The first-order valence-corrected chi connectivity index (χ1v) is 12.4. The molecule has 2 aromatic heterocycles. The lowest BCUT2D eigenvalue weighted by molar-refractivity contribution is 0.0199. The molecule has 188 valence electrons. The Kier molecular flexibility index (Phi) is 7.58. The topological polar surface area (TPSA) is 126 Å². The Hall–Kier alpha value is -3.86. The minimum Gasteiger partial charge on any atom is -0.444 e. The molecule has 0 aliphatic carbocycles. The number of likely N-dealkylation sites (tertiary alicyclic amines) is 1. The van der Waals surface area contributed by atoms with E-state index in [1.54, 1.807) is 47.5 Å². The van der Waals surface area contributed by atoms with E-state index in [2.05, 4.69) is 25.0 Å². The molecule has 3 heterocycles. The van der Waals surface area contributed by atoms with Gasteiger partial charge in [-0.2, -0.15) is 9.36 Å². The number of amides is 3. The third-order valence-electron chi connectivity index (χ3n) is 5.43. The number of anilines is 1. The fraction of sp³-hybridized carbons (Fsp3) is 0.360. The first kappa shape index (κ1) is 25.2. The maximum absolute atomic E-state index is 12.7. The first-order chi connectivity index (χ1) is 17.2. The van der Waals surface area contributed by atoms with Crippen molar-refractivity contribution in [3.63, 3.8) is 0 Å². The molecule has 1 aromatic carbocycles. The van der Waals surface area contributed by atoms with E-state index in [9.17, 15) is 14.4 Å².